The zero-order chi connectivity index (χ0) is 13.7. The first kappa shape index (κ1) is 14.4. The molecule has 1 fully saturated rings. The number of carbonyl (C=O) groups excluding carboxylic acids is 1. The van der Waals surface area contributed by atoms with E-state index in [9.17, 15) is 4.79 Å². The fourth-order valence-corrected chi connectivity index (χ4v) is 3.28. The third-order valence-electron chi connectivity index (χ3n) is 3.61. The molecule has 0 aliphatic heterocycles. The molecule has 0 atom stereocenters. The SMILES string of the molecule is CCc1nc(SCC(=O)NC2CCCCC2)[nH]c1C. The first-order valence-electron chi connectivity index (χ1n) is 7.16. The number of aromatic nitrogens is 2. The van der Waals surface area contributed by atoms with E-state index in [1.807, 2.05) is 6.92 Å². The fraction of sp³-hybridized carbons (Fsp3) is 0.714. The average Bonchev–Trinajstić information content (AvgIpc) is 2.78. The summed E-state index contributed by atoms with van der Waals surface area (Å²) in [6.07, 6.45) is 7.00. The van der Waals surface area contributed by atoms with Crippen molar-refractivity contribution in [2.45, 2.75) is 63.6 Å². The molecule has 0 unspecified atom stereocenters. The van der Waals surface area contributed by atoms with Crippen LogP contribution in [0.3, 0.4) is 0 Å². The number of nitrogens with one attached hydrogen (secondary N) is 2. The Bertz CT molecular complexity index is 424. The molecule has 1 aliphatic rings. The molecule has 1 aromatic rings. The number of hydrogen-bond acceptors (Lipinski definition) is 3. The number of aryl methyl sites for hydroxylation is 2. The smallest absolute Gasteiger partial charge is 0.230 e. The van der Waals surface area contributed by atoms with E-state index in [0.29, 0.717) is 11.8 Å². The Balaban J connectivity index is 1.76. The molecular weight excluding hydrogens is 258 g/mol. The minimum Gasteiger partial charge on any atom is -0.353 e. The normalized spacial score (nSPS) is 16.5. The van der Waals surface area contributed by atoms with Crippen LogP contribution in [-0.2, 0) is 11.2 Å². The number of hydrogen-bond donors (Lipinski definition) is 2. The van der Waals surface area contributed by atoms with Crippen LogP contribution in [0.2, 0.25) is 0 Å². The lowest BCUT2D eigenvalue weighted by Gasteiger charge is -2.22. The predicted octanol–water partition coefficient (Wildman–Crippen LogP) is 2.82. The van der Waals surface area contributed by atoms with Crippen LogP contribution in [0.15, 0.2) is 5.16 Å². The lowest BCUT2D eigenvalue weighted by molar-refractivity contribution is -0.119. The van der Waals surface area contributed by atoms with Gasteiger partial charge in [-0.2, -0.15) is 0 Å². The summed E-state index contributed by atoms with van der Waals surface area (Å²) in [6, 6.07) is 0.395. The molecule has 2 rings (SSSR count). The summed E-state index contributed by atoms with van der Waals surface area (Å²) in [5, 5.41) is 3.98. The molecule has 0 radical (unpaired) electrons. The van der Waals surface area contributed by atoms with Crippen molar-refractivity contribution in [1.82, 2.24) is 15.3 Å². The highest BCUT2D eigenvalue weighted by molar-refractivity contribution is 7.99. The molecule has 106 valence electrons. The average molecular weight is 281 g/mol. The van der Waals surface area contributed by atoms with Crippen molar-refractivity contribution in [3.63, 3.8) is 0 Å². The number of imidazole rings is 1. The molecule has 0 spiro atoms. The van der Waals surface area contributed by atoms with E-state index in [1.54, 1.807) is 0 Å². The van der Waals surface area contributed by atoms with E-state index in [1.165, 1.54) is 31.0 Å². The Labute approximate surface area is 119 Å². The molecule has 4 nitrogen and oxygen atoms in total. The maximum absolute atomic E-state index is 11.9. The van der Waals surface area contributed by atoms with Crippen LogP contribution >= 0.6 is 11.8 Å². The van der Waals surface area contributed by atoms with Crippen LogP contribution < -0.4 is 5.32 Å². The van der Waals surface area contributed by atoms with Crippen molar-refractivity contribution in [1.29, 1.82) is 0 Å². The number of carbonyl (C=O) groups is 1. The van der Waals surface area contributed by atoms with E-state index in [2.05, 4.69) is 22.2 Å². The van der Waals surface area contributed by atoms with Crippen molar-refractivity contribution in [3.05, 3.63) is 11.4 Å². The molecule has 19 heavy (non-hydrogen) atoms. The van der Waals surface area contributed by atoms with Gasteiger partial charge in [0.25, 0.3) is 0 Å². The Morgan fingerprint density at radius 2 is 2.16 bits per heavy atom. The minimum atomic E-state index is 0.129. The van der Waals surface area contributed by atoms with Gasteiger partial charge in [0.2, 0.25) is 5.91 Å². The van der Waals surface area contributed by atoms with Crippen LogP contribution in [0.5, 0.6) is 0 Å². The molecule has 2 N–H and O–H groups in total. The molecule has 1 amide bonds. The highest BCUT2D eigenvalue weighted by Crippen LogP contribution is 2.19. The Hall–Kier alpha value is -0.970. The van der Waals surface area contributed by atoms with Crippen LogP contribution in [0.4, 0.5) is 0 Å². The monoisotopic (exact) mass is 281 g/mol. The summed E-state index contributed by atoms with van der Waals surface area (Å²) < 4.78 is 0. The summed E-state index contributed by atoms with van der Waals surface area (Å²) in [6.45, 7) is 4.12. The third kappa shape index (κ3) is 4.27. The number of aromatic amines is 1. The van der Waals surface area contributed by atoms with Crippen molar-refractivity contribution < 1.29 is 4.79 Å². The Morgan fingerprint density at radius 1 is 1.42 bits per heavy atom. The molecule has 0 saturated heterocycles. The molecule has 1 aliphatic carbocycles. The summed E-state index contributed by atoms with van der Waals surface area (Å²) in [5.74, 6) is 0.580. The summed E-state index contributed by atoms with van der Waals surface area (Å²) in [4.78, 5) is 19.6. The lowest BCUT2D eigenvalue weighted by atomic mass is 9.95. The molecular formula is C14H23N3OS. The van der Waals surface area contributed by atoms with Crippen LogP contribution in [0.1, 0.15) is 50.4 Å². The highest BCUT2D eigenvalue weighted by Gasteiger charge is 2.16. The maximum atomic E-state index is 11.9. The van der Waals surface area contributed by atoms with Gasteiger partial charge in [-0.1, -0.05) is 37.9 Å². The first-order valence-corrected chi connectivity index (χ1v) is 8.15. The summed E-state index contributed by atoms with van der Waals surface area (Å²) in [5.41, 5.74) is 2.20. The number of thioether (sulfide) groups is 1. The van der Waals surface area contributed by atoms with E-state index in [-0.39, 0.29) is 5.91 Å². The Kier molecular flexibility index (Phi) is 5.31. The zero-order valence-corrected chi connectivity index (χ0v) is 12.6. The molecule has 0 bridgehead atoms. The van der Waals surface area contributed by atoms with Crippen molar-refractivity contribution in [2.75, 3.05) is 5.75 Å². The van der Waals surface area contributed by atoms with E-state index in [0.717, 1.165) is 35.8 Å². The van der Waals surface area contributed by atoms with Crippen molar-refractivity contribution in [2.24, 2.45) is 0 Å². The van der Waals surface area contributed by atoms with Crippen molar-refractivity contribution >= 4 is 17.7 Å². The lowest BCUT2D eigenvalue weighted by Crippen LogP contribution is -2.37. The van der Waals surface area contributed by atoms with E-state index >= 15 is 0 Å². The van der Waals surface area contributed by atoms with Crippen molar-refractivity contribution in [3.8, 4) is 0 Å². The largest absolute Gasteiger partial charge is 0.353 e. The van der Waals surface area contributed by atoms with Gasteiger partial charge in [0.05, 0.1) is 11.4 Å². The van der Waals surface area contributed by atoms with Gasteiger partial charge in [-0.3, -0.25) is 4.79 Å². The van der Waals surface area contributed by atoms with Gasteiger partial charge in [0.15, 0.2) is 5.16 Å². The molecule has 5 heteroatoms. The molecule has 1 saturated carbocycles. The predicted molar refractivity (Wildman–Crippen MR) is 78.4 cm³/mol. The van der Waals surface area contributed by atoms with Gasteiger partial charge >= 0.3 is 0 Å². The maximum Gasteiger partial charge on any atom is 0.230 e. The summed E-state index contributed by atoms with van der Waals surface area (Å²) >= 11 is 1.49. The second-order valence-corrected chi connectivity index (χ2v) is 6.12. The first-order chi connectivity index (χ1) is 9.19. The number of nitrogens with zero attached hydrogens (tertiary/aromatic N) is 1. The van der Waals surface area contributed by atoms with Gasteiger partial charge in [-0.25, -0.2) is 4.98 Å². The second kappa shape index (κ2) is 6.98. The standard InChI is InChI=1S/C14H23N3OS/c1-3-12-10(2)15-14(17-12)19-9-13(18)16-11-7-5-4-6-8-11/h11H,3-9H2,1-2H3,(H,15,17)(H,16,18). The Morgan fingerprint density at radius 3 is 2.79 bits per heavy atom. The molecule has 1 aromatic heterocycles. The quantitative estimate of drug-likeness (QED) is 0.816. The van der Waals surface area contributed by atoms with Gasteiger partial charge in [0, 0.05) is 11.7 Å². The van der Waals surface area contributed by atoms with Gasteiger partial charge in [-0.05, 0) is 26.2 Å². The third-order valence-corrected chi connectivity index (χ3v) is 4.48. The van der Waals surface area contributed by atoms with Gasteiger partial charge < -0.3 is 10.3 Å². The molecule has 0 aromatic carbocycles. The number of rotatable bonds is 5. The minimum absolute atomic E-state index is 0.129. The fourth-order valence-electron chi connectivity index (χ4n) is 2.53. The number of H-pyrrole nitrogens is 1. The topological polar surface area (TPSA) is 57.8 Å². The van der Waals surface area contributed by atoms with Crippen LogP contribution in [-0.4, -0.2) is 27.7 Å². The van der Waals surface area contributed by atoms with Crippen LogP contribution in [0, 0.1) is 6.92 Å². The van der Waals surface area contributed by atoms with Gasteiger partial charge in [-0.15, -0.1) is 0 Å². The number of amides is 1. The van der Waals surface area contributed by atoms with E-state index in [4.69, 9.17) is 0 Å². The van der Waals surface area contributed by atoms with E-state index < -0.39 is 0 Å². The molecule has 1 heterocycles. The zero-order valence-electron chi connectivity index (χ0n) is 11.8. The van der Waals surface area contributed by atoms with Crippen LogP contribution in [0.25, 0.3) is 0 Å². The second-order valence-electron chi connectivity index (χ2n) is 5.16. The van der Waals surface area contributed by atoms with Gasteiger partial charge in [0.1, 0.15) is 0 Å². The summed E-state index contributed by atoms with van der Waals surface area (Å²) in [7, 11) is 0. The highest BCUT2D eigenvalue weighted by atomic mass is 32.2.